The Hall–Kier alpha value is -1.31. The highest BCUT2D eigenvalue weighted by atomic mass is 16.1. The van der Waals surface area contributed by atoms with Crippen molar-refractivity contribution in [2.45, 2.75) is 33.1 Å². The van der Waals surface area contributed by atoms with Crippen molar-refractivity contribution >= 4 is 12.0 Å². The van der Waals surface area contributed by atoms with E-state index in [0.717, 1.165) is 19.4 Å². The highest BCUT2D eigenvalue weighted by Gasteiger charge is 2.07. The standard InChI is InChI=1S/C14H21NO/c1-4-15(5-2)14-8-6-7-13(11-14)12(3)9-10-16/h6-8,10-12H,4-5,9H2,1-3H3. The first-order chi connectivity index (χ1) is 7.72. The van der Waals surface area contributed by atoms with Gasteiger partial charge in [-0.1, -0.05) is 19.1 Å². The van der Waals surface area contributed by atoms with Gasteiger partial charge in [0.2, 0.25) is 0 Å². The predicted molar refractivity (Wildman–Crippen MR) is 69.1 cm³/mol. The summed E-state index contributed by atoms with van der Waals surface area (Å²) in [6.07, 6.45) is 1.59. The predicted octanol–water partition coefficient (Wildman–Crippen LogP) is 3.23. The molecule has 0 fully saturated rings. The zero-order valence-corrected chi connectivity index (χ0v) is 10.4. The molecular formula is C14H21NO. The van der Waals surface area contributed by atoms with Crippen LogP contribution in [0.4, 0.5) is 5.69 Å². The fourth-order valence-electron chi connectivity index (χ4n) is 1.90. The summed E-state index contributed by atoms with van der Waals surface area (Å²) in [7, 11) is 0. The Bertz CT molecular complexity index is 331. The maximum atomic E-state index is 10.5. The molecule has 88 valence electrons. The summed E-state index contributed by atoms with van der Waals surface area (Å²) in [6, 6.07) is 8.50. The summed E-state index contributed by atoms with van der Waals surface area (Å²) in [5.41, 5.74) is 2.50. The average molecular weight is 219 g/mol. The largest absolute Gasteiger partial charge is 0.372 e. The smallest absolute Gasteiger partial charge is 0.120 e. The molecule has 0 N–H and O–H groups in total. The Morgan fingerprint density at radius 2 is 2.00 bits per heavy atom. The molecule has 0 saturated heterocycles. The van der Waals surface area contributed by atoms with Gasteiger partial charge in [0.05, 0.1) is 0 Å². The monoisotopic (exact) mass is 219 g/mol. The number of anilines is 1. The van der Waals surface area contributed by atoms with Crippen LogP contribution >= 0.6 is 0 Å². The van der Waals surface area contributed by atoms with Crippen LogP contribution in [0.3, 0.4) is 0 Å². The van der Waals surface area contributed by atoms with Crippen molar-refractivity contribution in [3.8, 4) is 0 Å². The molecule has 0 bridgehead atoms. The molecule has 0 spiro atoms. The van der Waals surface area contributed by atoms with E-state index in [1.54, 1.807) is 0 Å². The quantitative estimate of drug-likeness (QED) is 0.685. The van der Waals surface area contributed by atoms with Gasteiger partial charge in [0, 0.05) is 25.2 Å². The van der Waals surface area contributed by atoms with Crippen LogP contribution in [0.25, 0.3) is 0 Å². The number of hydrogen-bond donors (Lipinski definition) is 0. The number of benzene rings is 1. The molecule has 0 aliphatic heterocycles. The molecule has 0 amide bonds. The van der Waals surface area contributed by atoms with Gasteiger partial charge in [-0.25, -0.2) is 0 Å². The van der Waals surface area contributed by atoms with Crippen LogP contribution in [0.2, 0.25) is 0 Å². The second-order valence-electron chi connectivity index (χ2n) is 4.07. The summed E-state index contributed by atoms with van der Waals surface area (Å²) in [5, 5.41) is 0. The Kier molecular flexibility index (Phi) is 5.03. The maximum absolute atomic E-state index is 10.5. The lowest BCUT2D eigenvalue weighted by atomic mass is 9.98. The fraction of sp³-hybridized carbons (Fsp3) is 0.500. The van der Waals surface area contributed by atoms with Crippen molar-refractivity contribution < 1.29 is 4.79 Å². The minimum absolute atomic E-state index is 0.313. The van der Waals surface area contributed by atoms with Crippen molar-refractivity contribution in [2.75, 3.05) is 18.0 Å². The number of carbonyl (C=O) groups excluding carboxylic acids is 1. The van der Waals surface area contributed by atoms with E-state index in [-0.39, 0.29) is 0 Å². The van der Waals surface area contributed by atoms with Crippen LogP contribution < -0.4 is 4.90 Å². The molecule has 1 unspecified atom stereocenters. The third-order valence-corrected chi connectivity index (χ3v) is 3.02. The third-order valence-electron chi connectivity index (χ3n) is 3.02. The molecular weight excluding hydrogens is 198 g/mol. The van der Waals surface area contributed by atoms with Gasteiger partial charge in [0.1, 0.15) is 6.29 Å². The number of rotatable bonds is 6. The number of carbonyl (C=O) groups is 1. The van der Waals surface area contributed by atoms with E-state index in [4.69, 9.17) is 0 Å². The Labute approximate surface area is 98.3 Å². The Balaban J connectivity index is 2.89. The zero-order chi connectivity index (χ0) is 12.0. The molecule has 2 nitrogen and oxygen atoms in total. The van der Waals surface area contributed by atoms with Crippen LogP contribution in [-0.4, -0.2) is 19.4 Å². The summed E-state index contributed by atoms with van der Waals surface area (Å²) in [4.78, 5) is 12.8. The molecule has 16 heavy (non-hydrogen) atoms. The van der Waals surface area contributed by atoms with Crippen LogP contribution in [-0.2, 0) is 4.79 Å². The number of hydrogen-bond acceptors (Lipinski definition) is 2. The van der Waals surface area contributed by atoms with E-state index >= 15 is 0 Å². The van der Waals surface area contributed by atoms with E-state index in [2.05, 4.69) is 49.9 Å². The summed E-state index contributed by atoms with van der Waals surface area (Å²) in [5.74, 6) is 0.313. The minimum atomic E-state index is 0.313. The molecule has 0 aliphatic rings. The van der Waals surface area contributed by atoms with Crippen molar-refractivity contribution in [2.24, 2.45) is 0 Å². The van der Waals surface area contributed by atoms with E-state index in [1.807, 2.05) is 0 Å². The second kappa shape index (κ2) is 6.31. The second-order valence-corrected chi connectivity index (χ2v) is 4.07. The lowest BCUT2D eigenvalue weighted by Gasteiger charge is -2.22. The summed E-state index contributed by atoms with van der Waals surface area (Å²) >= 11 is 0. The van der Waals surface area contributed by atoms with Gasteiger partial charge in [0.15, 0.2) is 0 Å². The molecule has 1 atom stereocenters. The van der Waals surface area contributed by atoms with Crippen LogP contribution in [0, 0.1) is 0 Å². The Morgan fingerprint density at radius 3 is 2.56 bits per heavy atom. The van der Waals surface area contributed by atoms with Gasteiger partial charge in [0.25, 0.3) is 0 Å². The molecule has 0 aliphatic carbocycles. The molecule has 2 heteroatoms. The van der Waals surface area contributed by atoms with E-state index in [1.165, 1.54) is 11.3 Å². The van der Waals surface area contributed by atoms with Crippen LogP contribution in [0.5, 0.6) is 0 Å². The first kappa shape index (κ1) is 12.8. The average Bonchev–Trinajstić information content (AvgIpc) is 2.31. The Morgan fingerprint density at radius 1 is 1.31 bits per heavy atom. The van der Waals surface area contributed by atoms with Crippen molar-refractivity contribution in [3.05, 3.63) is 29.8 Å². The first-order valence-corrected chi connectivity index (χ1v) is 6.01. The van der Waals surface area contributed by atoms with Gasteiger partial charge < -0.3 is 9.69 Å². The summed E-state index contributed by atoms with van der Waals surface area (Å²) in [6.45, 7) is 8.44. The highest BCUT2D eigenvalue weighted by Crippen LogP contribution is 2.23. The molecule has 0 radical (unpaired) electrons. The van der Waals surface area contributed by atoms with Crippen molar-refractivity contribution in [3.63, 3.8) is 0 Å². The van der Waals surface area contributed by atoms with Gasteiger partial charge in [-0.2, -0.15) is 0 Å². The lowest BCUT2D eigenvalue weighted by molar-refractivity contribution is -0.108. The van der Waals surface area contributed by atoms with Gasteiger partial charge >= 0.3 is 0 Å². The van der Waals surface area contributed by atoms with E-state index in [0.29, 0.717) is 12.3 Å². The SMILES string of the molecule is CCN(CC)c1cccc(C(C)CC=O)c1. The minimum Gasteiger partial charge on any atom is -0.372 e. The zero-order valence-electron chi connectivity index (χ0n) is 10.4. The van der Waals surface area contributed by atoms with Crippen LogP contribution in [0.15, 0.2) is 24.3 Å². The van der Waals surface area contributed by atoms with E-state index in [9.17, 15) is 4.79 Å². The highest BCUT2D eigenvalue weighted by molar-refractivity contribution is 5.54. The van der Waals surface area contributed by atoms with Gasteiger partial charge in [-0.05, 0) is 37.5 Å². The van der Waals surface area contributed by atoms with Gasteiger partial charge in [-0.3, -0.25) is 0 Å². The molecule has 0 saturated carbocycles. The number of aldehydes is 1. The normalized spacial score (nSPS) is 12.2. The maximum Gasteiger partial charge on any atom is 0.120 e. The fourth-order valence-corrected chi connectivity index (χ4v) is 1.90. The lowest BCUT2D eigenvalue weighted by Crippen LogP contribution is -2.21. The van der Waals surface area contributed by atoms with E-state index < -0.39 is 0 Å². The van der Waals surface area contributed by atoms with Crippen molar-refractivity contribution in [1.82, 2.24) is 0 Å². The first-order valence-electron chi connectivity index (χ1n) is 6.01. The third kappa shape index (κ3) is 3.09. The molecule has 1 aromatic carbocycles. The molecule has 1 rings (SSSR count). The topological polar surface area (TPSA) is 20.3 Å². The molecule has 0 heterocycles. The molecule has 1 aromatic rings. The van der Waals surface area contributed by atoms with Gasteiger partial charge in [-0.15, -0.1) is 0 Å². The summed E-state index contributed by atoms with van der Waals surface area (Å²) < 4.78 is 0. The number of nitrogens with zero attached hydrogens (tertiary/aromatic N) is 1. The van der Waals surface area contributed by atoms with Crippen LogP contribution in [0.1, 0.15) is 38.7 Å². The van der Waals surface area contributed by atoms with Crippen molar-refractivity contribution in [1.29, 1.82) is 0 Å². The molecule has 0 aromatic heterocycles.